The summed E-state index contributed by atoms with van der Waals surface area (Å²) in [6.07, 6.45) is 0. The summed E-state index contributed by atoms with van der Waals surface area (Å²) in [5.41, 5.74) is 1.93. The number of amides is 1. The minimum absolute atomic E-state index is 0.225. The molecule has 1 aromatic heterocycles. The highest BCUT2D eigenvalue weighted by molar-refractivity contribution is 6.35. The van der Waals surface area contributed by atoms with E-state index in [1.807, 2.05) is 30.3 Å². The Morgan fingerprint density at radius 1 is 1.00 bits per heavy atom. The van der Waals surface area contributed by atoms with E-state index in [-0.39, 0.29) is 5.91 Å². The second-order valence-corrected chi connectivity index (χ2v) is 5.93. The van der Waals surface area contributed by atoms with E-state index < -0.39 is 0 Å². The largest absolute Gasteiger partial charge is 0.461 e. The van der Waals surface area contributed by atoms with Crippen molar-refractivity contribution in [1.82, 2.24) is 0 Å². The van der Waals surface area contributed by atoms with Gasteiger partial charge in [-0.25, -0.2) is 0 Å². The van der Waals surface area contributed by atoms with E-state index in [0.717, 1.165) is 11.3 Å². The van der Waals surface area contributed by atoms with Gasteiger partial charge in [0.15, 0.2) is 0 Å². The first-order valence-corrected chi connectivity index (χ1v) is 7.72. The molecule has 0 spiro atoms. The van der Waals surface area contributed by atoms with Gasteiger partial charge in [-0.2, -0.15) is 0 Å². The van der Waals surface area contributed by atoms with Gasteiger partial charge >= 0.3 is 0 Å². The van der Waals surface area contributed by atoms with Crippen LogP contribution in [-0.2, 0) is 0 Å². The topological polar surface area (TPSA) is 42.2 Å². The summed E-state index contributed by atoms with van der Waals surface area (Å²) in [6.45, 7) is 1.75. The monoisotopic (exact) mass is 345 g/mol. The van der Waals surface area contributed by atoms with Crippen LogP contribution in [0.15, 0.2) is 59.0 Å². The minimum atomic E-state index is -0.225. The minimum Gasteiger partial charge on any atom is -0.461 e. The van der Waals surface area contributed by atoms with Crippen molar-refractivity contribution in [2.75, 3.05) is 5.32 Å². The summed E-state index contributed by atoms with van der Waals surface area (Å²) in [7, 11) is 0. The highest BCUT2D eigenvalue weighted by Crippen LogP contribution is 2.30. The van der Waals surface area contributed by atoms with Crippen molar-refractivity contribution in [2.24, 2.45) is 0 Å². The summed E-state index contributed by atoms with van der Waals surface area (Å²) in [5.74, 6) is 0.853. The number of nitrogens with one attached hydrogen (secondary N) is 1. The number of hydrogen-bond donors (Lipinski definition) is 1. The normalized spacial score (nSPS) is 10.6. The Balaban J connectivity index is 1.90. The quantitative estimate of drug-likeness (QED) is 0.650. The molecule has 0 atom stereocenters. The summed E-state index contributed by atoms with van der Waals surface area (Å²) >= 11 is 12.0. The lowest BCUT2D eigenvalue weighted by atomic mass is 10.1. The Labute approximate surface area is 143 Å². The Kier molecular flexibility index (Phi) is 4.42. The van der Waals surface area contributed by atoms with Crippen LogP contribution in [0, 0.1) is 6.92 Å². The molecule has 0 saturated heterocycles. The molecule has 1 heterocycles. The maximum atomic E-state index is 12.4. The van der Waals surface area contributed by atoms with Crippen LogP contribution in [0.3, 0.4) is 0 Å². The molecule has 3 rings (SSSR count). The summed E-state index contributed by atoms with van der Waals surface area (Å²) in [5, 5.41) is 3.86. The van der Waals surface area contributed by atoms with E-state index in [9.17, 15) is 4.79 Å². The van der Waals surface area contributed by atoms with Gasteiger partial charge in [-0.3, -0.25) is 4.79 Å². The van der Waals surface area contributed by atoms with Crippen LogP contribution in [0.5, 0.6) is 0 Å². The van der Waals surface area contributed by atoms with Crippen molar-refractivity contribution < 1.29 is 9.21 Å². The fraction of sp³-hybridized carbons (Fsp3) is 0.0556. The smallest absolute Gasteiger partial charge is 0.259 e. The number of para-hydroxylation sites is 1. The molecule has 3 aromatic rings. The molecule has 2 aromatic carbocycles. The Morgan fingerprint density at radius 3 is 2.30 bits per heavy atom. The molecule has 5 heteroatoms. The van der Waals surface area contributed by atoms with E-state index >= 15 is 0 Å². The van der Waals surface area contributed by atoms with Gasteiger partial charge in [-0.15, -0.1) is 0 Å². The Hall–Kier alpha value is -2.23. The summed E-state index contributed by atoms with van der Waals surface area (Å²) in [4.78, 5) is 12.4. The van der Waals surface area contributed by atoms with Crippen molar-refractivity contribution in [3.05, 3.63) is 76.0 Å². The van der Waals surface area contributed by atoms with E-state index in [0.29, 0.717) is 27.1 Å². The lowest BCUT2D eigenvalue weighted by Gasteiger charge is -2.03. The van der Waals surface area contributed by atoms with Gasteiger partial charge in [0, 0.05) is 21.3 Å². The third-order valence-corrected chi connectivity index (χ3v) is 3.78. The molecule has 23 heavy (non-hydrogen) atoms. The van der Waals surface area contributed by atoms with Crippen molar-refractivity contribution >= 4 is 34.8 Å². The lowest BCUT2D eigenvalue weighted by molar-refractivity contribution is 0.102. The van der Waals surface area contributed by atoms with Gasteiger partial charge in [0.05, 0.1) is 5.56 Å². The molecular weight excluding hydrogens is 333 g/mol. The van der Waals surface area contributed by atoms with Gasteiger partial charge in [0.25, 0.3) is 5.91 Å². The Bertz CT molecular complexity index is 836. The average Bonchev–Trinajstić information content (AvgIpc) is 2.89. The third-order valence-electron chi connectivity index (χ3n) is 3.34. The van der Waals surface area contributed by atoms with Crippen molar-refractivity contribution in [3.8, 4) is 11.3 Å². The summed E-state index contributed by atoms with van der Waals surface area (Å²) in [6, 6.07) is 16.1. The first kappa shape index (κ1) is 15.7. The molecule has 1 N–H and O–H groups in total. The van der Waals surface area contributed by atoms with E-state index in [4.69, 9.17) is 27.6 Å². The number of benzene rings is 2. The first-order chi connectivity index (χ1) is 11.0. The van der Waals surface area contributed by atoms with Crippen molar-refractivity contribution in [1.29, 1.82) is 0 Å². The van der Waals surface area contributed by atoms with Crippen LogP contribution in [0.25, 0.3) is 11.3 Å². The molecule has 0 fully saturated rings. The van der Waals surface area contributed by atoms with E-state index in [1.165, 1.54) is 0 Å². The highest BCUT2D eigenvalue weighted by atomic mass is 35.5. The van der Waals surface area contributed by atoms with Crippen LogP contribution in [0.2, 0.25) is 10.0 Å². The third kappa shape index (κ3) is 3.58. The number of carbonyl (C=O) groups excluding carboxylic acids is 1. The number of hydrogen-bond acceptors (Lipinski definition) is 2. The van der Waals surface area contributed by atoms with Gasteiger partial charge in [-0.1, -0.05) is 41.4 Å². The van der Waals surface area contributed by atoms with E-state index in [2.05, 4.69) is 5.32 Å². The van der Waals surface area contributed by atoms with Crippen LogP contribution in [-0.4, -0.2) is 5.91 Å². The fourth-order valence-electron chi connectivity index (χ4n) is 2.27. The number of furan rings is 1. The SMILES string of the molecule is Cc1oc(-c2cc(Cl)cc(Cl)c2)cc1C(=O)Nc1ccccc1. The maximum absolute atomic E-state index is 12.4. The number of halogens is 2. The molecule has 0 bridgehead atoms. The van der Waals surface area contributed by atoms with Gasteiger partial charge < -0.3 is 9.73 Å². The second kappa shape index (κ2) is 6.49. The van der Waals surface area contributed by atoms with Crippen LogP contribution < -0.4 is 5.32 Å². The lowest BCUT2D eigenvalue weighted by Crippen LogP contribution is -2.11. The van der Waals surface area contributed by atoms with Crippen LogP contribution in [0.4, 0.5) is 5.69 Å². The molecule has 1 amide bonds. The molecule has 0 aliphatic rings. The van der Waals surface area contributed by atoms with Gasteiger partial charge in [0.1, 0.15) is 11.5 Å². The second-order valence-electron chi connectivity index (χ2n) is 5.06. The number of carbonyl (C=O) groups is 1. The van der Waals surface area contributed by atoms with Gasteiger partial charge in [0.2, 0.25) is 0 Å². The zero-order valence-corrected chi connectivity index (χ0v) is 13.8. The number of aryl methyl sites for hydroxylation is 1. The highest BCUT2D eigenvalue weighted by Gasteiger charge is 2.16. The zero-order valence-electron chi connectivity index (χ0n) is 12.3. The predicted octanol–water partition coefficient (Wildman–Crippen LogP) is 5.81. The molecule has 0 saturated carbocycles. The predicted molar refractivity (Wildman–Crippen MR) is 93.3 cm³/mol. The maximum Gasteiger partial charge on any atom is 0.259 e. The molecule has 0 aliphatic heterocycles. The molecule has 3 nitrogen and oxygen atoms in total. The van der Waals surface area contributed by atoms with Crippen molar-refractivity contribution in [3.63, 3.8) is 0 Å². The average molecular weight is 346 g/mol. The molecule has 0 radical (unpaired) electrons. The van der Waals surface area contributed by atoms with Crippen molar-refractivity contribution in [2.45, 2.75) is 6.92 Å². The standard InChI is InChI=1S/C18H13Cl2NO2/c1-11-16(18(22)21-15-5-3-2-4-6-15)10-17(23-11)12-7-13(19)9-14(20)8-12/h2-10H,1H3,(H,21,22). The molecular formula is C18H13Cl2NO2. The zero-order chi connectivity index (χ0) is 16.4. The number of anilines is 1. The molecule has 0 unspecified atom stereocenters. The Morgan fingerprint density at radius 2 is 1.65 bits per heavy atom. The van der Waals surface area contributed by atoms with Gasteiger partial charge in [-0.05, 0) is 43.3 Å². The van der Waals surface area contributed by atoms with Crippen LogP contribution >= 0.6 is 23.2 Å². The first-order valence-electron chi connectivity index (χ1n) is 6.96. The molecule has 0 aliphatic carbocycles. The summed E-state index contributed by atoms with van der Waals surface area (Å²) < 4.78 is 5.69. The fourth-order valence-corrected chi connectivity index (χ4v) is 2.79. The van der Waals surface area contributed by atoms with E-state index in [1.54, 1.807) is 31.2 Å². The molecule has 116 valence electrons. The number of rotatable bonds is 3. The van der Waals surface area contributed by atoms with Crippen LogP contribution in [0.1, 0.15) is 16.1 Å².